The van der Waals surface area contributed by atoms with Gasteiger partial charge in [-0.1, -0.05) is 6.08 Å². The van der Waals surface area contributed by atoms with Gasteiger partial charge in [0.05, 0.1) is 12.3 Å². The van der Waals surface area contributed by atoms with Crippen LogP contribution in [-0.2, 0) is 6.54 Å². The predicted octanol–water partition coefficient (Wildman–Crippen LogP) is 3.23. The van der Waals surface area contributed by atoms with Gasteiger partial charge in [-0.3, -0.25) is 4.98 Å². The van der Waals surface area contributed by atoms with Gasteiger partial charge in [0.25, 0.3) is 0 Å². The van der Waals surface area contributed by atoms with Crippen LogP contribution in [0.2, 0.25) is 0 Å². The normalized spacial score (nSPS) is 10.3. The van der Waals surface area contributed by atoms with Crippen LogP contribution in [0.15, 0.2) is 24.8 Å². The highest BCUT2D eigenvalue weighted by Crippen LogP contribution is 2.17. The van der Waals surface area contributed by atoms with E-state index in [1.54, 1.807) is 0 Å². The second-order valence-corrected chi connectivity index (χ2v) is 4.41. The summed E-state index contributed by atoms with van der Waals surface area (Å²) in [6, 6.07) is 4.00. The van der Waals surface area contributed by atoms with E-state index < -0.39 is 0 Å². The lowest BCUT2D eigenvalue weighted by Gasteiger charge is -2.11. The van der Waals surface area contributed by atoms with E-state index in [-0.39, 0.29) is 0 Å². The summed E-state index contributed by atoms with van der Waals surface area (Å²) in [6.07, 6.45) is 6.53. The van der Waals surface area contributed by atoms with Crippen LogP contribution in [-0.4, -0.2) is 18.6 Å². The molecule has 0 spiro atoms. The number of unbranched alkanes of at least 4 members (excludes halogenated alkanes) is 3. The first-order valence-electron chi connectivity index (χ1n) is 6.62. The molecule has 0 unspecified atom stereocenters. The van der Waals surface area contributed by atoms with E-state index in [0.29, 0.717) is 0 Å². The largest absolute Gasteiger partial charge is 0.492 e. The van der Waals surface area contributed by atoms with Crippen molar-refractivity contribution in [2.75, 3.05) is 13.7 Å². The lowest BCUT2D eigenvalue weighted by molar-refractivity contribution is 0.300. The third-order valence-corrected chi connectivity index (χ3v) is 2.73. The zero-order valence-electron chi connectivity index (χ0n) is 11.5. The maximum Gasteiger partial charge on any atom is 0.142 e. The van der Waals surface area contributed by atoms with Crippen molar-refractivity contribution in [1.82, 2.24) is 10.3 Å². The molecule has 1 N–H and O–H groups in total. The molecule has 1 rings (SSSR count). The molecule has 3 heteroatoms. The van der Waals surface area contributed by atoms with Gasteiger partial charge in [0.1, 0.15) is 5.75 Å². The Morgan fingerprint density at radius 1 is 1.33 bits per heavy atom. The Bertz CT molecular complexity index is 364. The number of rotatable bonds is 9. The molecule has 1 aromatic heterocycles. The highest BCUT2D eigenvalue weighted by atomic mass is 16.5. The molecule has 0 atom stereocenters. The Balaban J connectivity index is 2.38. The van der Waals surface area contributed by atoms with Crippen molar-refractivity contribution >= 4 is 0 Å². The van der Waals surface area contributed by atoms with Gasteiger partial charge in [-0.15, -0.1) is 6.58 Å². The molecule has 0 saturated heterocycles. The summed E-state index contributed by atoms with van der Waals surface area (Å²) in [7, 11) is 1.92. The summed E-state index contributed by atoms with van der Waals surface area (Å²) in [5, 5.41) is 3.12. The van der Waals surface area contributed by atoms with E-state index in [9.17, 15) is 0 Å². The van der Waals surface area contributed by atoms with Crippen molar-refractivity contribution in [2.45, 2.75) is 39.2 Å². The topological polar surface area (TPSA) is 34.1 Å². The second-order valence-electron chi connectivity index (χ2n) is 4.41. The number of pyridine rings is 1. The molecule has 3 nitrogen and oxygen atoms in total. The number of nitrogens with one attached hydrogen (secondary N) is 1. The first-order valence-corrected chi connectivity index (χ1v) is 6.62. The molecule has 100 valence electrons. The zero-order chi connectivity index (χ0) is 13.2. The minimum Gasteiger partial charge on any atom is -0.492 e. The molecule has 1 aromatic rings. The summed E-state index contributed by atoms with van der Waals surface area (Å²) < 4.78 is 5.80. The SMILES string of the molecule is C=CCCCCCOc1ccc(C)nc1CNC. The maximum absolute atomic E-state index is 5.80. The van der Waals surface area contributed by atoms with Crippen molar-refractivity contribution in [3.05, 3.63) is 36.2 Å². The lowest BCUT2D eigenvalue weighted by atomic mass is 10.2. The standard InChI is InChI=1S/C15H24N2O/c1-4-5-6-7-8-11-18-15-10-9-13(2)17-14(15)12-16-3/h4,9-10,16H,1,5-8,11-12H2,2-3H3. The molecule has 0 aliphatic rings. The van der Waals surface area contributed by atoms with E-state index in [1.165, 1.54) is 12.8 Å². The van der Waals surface area contributed by atoms with Gasteiger partial charge < -0.3 is 10.1 Å². The number of hydrogen-bond acceptors (Lipinski definition) is 3. The Labute approximate surface area is 110 Å². The van der Waals surface area contributed by atoms with E-state index in [1.807, 2.05) is 32.2 Å². The van der Waals surface area contributed by atoms with Gasteiger partial charge in [0.15, 0.2) is 0 Å². The summed E-state index contributed by atoms with van der Waals surface area (Å²) in [5.41, 5.74) is 2.02. The minimum atomic E-state index is 0.744. The molecule has 0 aliphatic heterocycles. The molecule has 0 fully saturated rings. The van der Waals surface area contributed by atoms with Gasteiger partial charge in [0.2, 0.25) is 0 Å². The number of nitrogens with zero attached hydrogens (tertiary/aromatic N) is 1. The first-order chi connectivity index (χ1) is 8.77. The number of aromatic nitrogens is 1. The lowest BCUT2D eigenvalue weighted by Crippen LogP contribution is -2.10. The quantitative estimate of drug-likeness (QED) is 0.538. The van der Waals surface area contributed by atoms with Crippen LogP contribution in [0.25, 0.3) is 0 Å². The molecule has 0 aliphatic carbocycles. The first kappa shape index (κ1) is 14.7. The third kappa shape index (κ3) is 5.32. The van der Waals surface area contributed by atoms with Crippen LogP contribution >= 0.6 is 0 Å². The summed E-state index contributed by atoms with van der Waals surface area (Å²) in [4.78, 5) is 4.49. The Morgan fingerprint density at radius 3 is 2.89 bits per heavy atom. The number of ether oxygens (including phenoxy) is 1. The Hall–Kier alpha value is -1.35. The molecular formula is C15H24N2O. The van der Waals surface area contributed by atoms with Crippen molar-refractivity contribution in [1.29, 1.82) is 0 Å². The molecule has 0 aromatic carbocycles. The van der Waals surface area contributed by atoms with Gasteiger partial charge in [-0.05, 0) is 51.8 Å². The van der Waals surface area contributed by atoms with Crippen molar-refractivity contribution < 1.29 is 4.74 Å². The van der Waals surface area contributed by atoms with Crippen LogP contribution in [0.1, 0.15) is 37.1 Å². The average Bonchev–Trinajstić information content (AvgIpc) is 2.36. The van der Waals surface area contributed by atoms with E-state index in [0.717, 1.165) is 43.1 Å². The molecule has 1 heterocycles. The van der Waals surface area contributed by atoms with Crippen LogP contribution in [0.3, 0.4) is 0 Å². The van der Waals surface area contributed by atoms with Crippen molar-refractivity contribution in [2.24, 2.45) is 0 Å². The van der Waals surface area contributed by atoms with Gasteiger partial charge in [-0.25, -0.2) is 0 Å². The molecule has 0 bridgehead atoms. The van der Waals surface area contributed by atoms with Crippen molar-refractivity contribution in [3.8, 4) is 5.75 Å². The Kier molecular flexibility index (Phi) is 7.11. The highest BCUT2D eigenvalue weighted by molar-refractivity contribution is 5.29. The summed E-state index contributed by atoms with van der Waals surface area (Å²) >= 11 is 0. The Morgan fingerprint density at radius 2 is 2.17 bits per heavy atom. The van der Waals surface area contributed by atoms with Crippen LogP contribution in [0.5, 0.6) is 5.75 Å². The smallest absolute Gasteiger partial charge is 0.142 e. The number of aryl methyl sites for hydroxylation is 1. The number of allylic oxidation sites excluding steroid dienone is 1. The molecular weight excluding hydrogens is 224 g/mol. The molecule has 18 heavy (non-hydrogen) atoms. The fraction of sp³-hybridized carbons (Fsp3) is 0.533. The van der Waals surface area contributed by atoms with Gasteiger partial charge >= 0.3 is 0 Å². The minimum absolute atomic E-state index is 0.744. The zero-order valence-corrected chi connectivity index (χ0v) is 11.5. The second kappa shape index (κ2) is 8.70. The monoisotopic (exact) mass is 248 g/mol. The third-order valence-electron chi connectivity index (χ3n) is 2.73. The highest BCUT2D eigenvalue weighted by Gasteiger charge is 2.04. The van der Waals surface area contributed by atoms with Crippen LogP contribution in [0.4, 0.5) is 0 Å². The predicted molar refractivity (Wildman–Crippen MR) is 75.9 cm³/mol. The summed E-state index contributed by atoms with van der Waals surface area (Å²) in [5.74, 6) is 0.902. The summed E-state index contributed by atoms with van der Waals surface area (Å²) in [6.45, 7) is 7.22. The van der Waals surface area contributed by atoms with Crippen LogP contribution < -0.4 is 10.1 Å². The van der Waals surface area contributed by atoms with E-state index in [4.69, 9.17) is 4.74 Å². The van der Waals surface area contributed by atoms with Crippen molar-refractivity contribution in [3.63, 3.8) is 0 Å². The molecule has 0 radical (unpaired) electrons. The van der Waals surface area contributed by atoms with Crippen LogP contribution in [0, 0.1) is 6.92 Å². The van der Waals surface area contributed by atoms with E-state index >= 15 is 0 Å². The number of hydrogen-bond donors (Lipinski definition) is 1. The molecule has 0 amide bonds. The van der Waals surface area contributed by atoms with Gasteiger partial charge in [0, 0.05) is 12.2 Å². The fourth-order valence-electron chi connectivity index (χ4n) is 1.77. The molecule has 0 saturated carbocycles. The fourth-order valence-corrected chi connectivity index (χ4v) is 1.77. The maximum atomic E-state index is 5.80. The average molecular weight is 248 g/mol. The van der Waals surface area contributed by atoms with Gasteiger partial charge in [-0.2, -0.15) is 0 Å². The van der Waals surface area contributed by atoms with E-state index in [2.05, 4.69) is 16.9 Å².